The molecule has 1 aromatic carbocycles. The molecule has 6 heteroatoms. The van der Waals surface area contributed by atoms with Gasteiger partial charge in [-0.15, -0.1) is 0 Å². The Morgan fingerprint density at radius 1 is 1.47 bits per heavy atom. The molecule has 17 heavy (non-hydrogen) atoms. The van der Waals surface area contributed by atoms with Gasteiger partial charge in [-0.25, -0.2) is 4.79 Å². The van der Waals surface area contributed by atoms with Gasteiger partial charge in [0.25, 0.3) is 0 Å². The number of aliphatic carboxylic acids is 1. The van der Waals surface area contributed by atoms with E-state index >= 15 is 0 Å². The molecule has 0 aromatic heterocycles. The molecule has 0 aliphatic carbocycles. The zero-order valence-electron chi connectivity index (χ0n) is 9.14. The molecular weight excluding hydrogens is 290 g/mol. The maximum Gasteiger partial charge on any atom is 0.332 e. The lowest BCUT2D eigenvalue weighted by molar-refractivity contribution is -0.150. The van der Waals surface area contributed by atoms with Crippen LogP contribution in [0.5, 0.6) is 0 Å². The number of amides is 1. The third-order valence-electron chi connectivity index (χ3n) is 1.96. The van der Waals surface area contributed by atoms with Gasteiger partial charge in [-0.05, 0) is 35.0 Å². The van der Waals surface area contributed by atoms with E-state index in [2.05, 4.69) is 21.2 Å². The van der Waals surface area contributed by atoms with Crippen molar-refractivity contribution in [1.82, 2.24) is 0 Å². The van der Waals surface area contributed by atoms with Crippen LogP contribution in [0.4, 0.5) is 5.69 Å². The van der Waals surface area contributed by atoms with Crippen molar-refractivity contribution in [3.8, 4) is 0 Å². The largest absolute Gasteiger partial charge is 0.479 e. The zero-order valence-corrected chi connectivity index (χ0v) is 10.7. The molecule has 1 amide bonds. The Balaban J connectivity index is 2.46. The summed E-state index contributed by atoms with van der Waals surface area (Å²) in [7, 11) is 0. The second-order valence-electron chi connectivity index (χ2n) is 3.32. The van der Waals surface area contributed by atoms with Gasteiger partial charge in [0.05, 0.1) is 5.69 Å². The van der Waals surface area contributed by atoms with Crippen molar-refractivity contribution in [1.29, 1.82) is 0 Å². The van der Waals surface area contributed by atoms with E-state index in [1.54, 1.807) is 18.2 Å². The van der Waals surface area contributed by atoms with Crippen molar-refractivity contribution in [2.45, 2.75) is 13.0 Å². The third-order valence-corrected chi connectivity index (χ3v) is 2.65. The number of benzene rings is 1. The molecular formula is C11H12BrNO4. The second-order valence-corrected chi connectivity index (χ2v) is 4.17. The van der Waals surface area contributed by atoms with Crippen LogP contribution in [-0.4, -0.2) is 29.7 Å². The van der Waals surface area contributed by atoms with Gasteiger partial charge < -0.3 is 15.2 Å². The highest BCUT2D eigenvalue weighted by molar-refractivity contribution is 9.10. The molecule has 2 N–H and O–H groups in total. The zero-order chi connectivity index (χ0) is 12.8. The van der Waals surface area contributed by atoms with E-state index in [0.29, 0.717) is 5.69 Å². The lowest BCUT2D eigenvalue weighted by Crippen LogP contribution is -2.26. The van der Waals surface area contributed by atoms with E-state index in [9.17, 15) is 9.59 Å². The Kier molecular flexibility index (Phi) is 5.11. The van der Waals surface area contributed by atoms with Crippen LogP contribution in [0.25, 0.3) is 0 Å². The first kappa shape index (κ1) is 13.7. The van der Waals surface area contributed by atoms with Crippen molar-refractivity contribution in [2.75, 3.05) is 11.9 Å². The fourth-order valence-electron chi connectivity index (χ4n) is 1.02. The number of carboxylic acids is 1. The van der Waals surface area contributed by atoms with Crippen LogP contribution in [0.1, 0.15) is 6.92 Å². The Labute approximate surface area is 107 Å². The lowest BCUT2D eigenvalue weighted by atomic mass is 10.3. The van der Waals surface area contributed by atoms with E-state index in [0.717, 1.165) is 4.47 Å². The molecule has 0 radical (unpaired) electrons. The van der Waals surface area contributed by atoms with Gasteiger partial charge in [-0.1, -0.05) is 12.1 Å². The minimum atomic E-state index is -1.10. The molecule has 0 aliphatic rings. The minimum absolute atomic E-state index is 0.297. The highest BCUT2D eigenvalue weighted by Crippen LogP contribution is 2.20. The fourth-order valence-corrected chi connectivity index (χ4v) is 1.40. The molecule has 0 unspecified atom stereocenters. The molecule has 0 aliphatic heterocycles. The van der Waals surface area contributed by atoms with Gasteiger partial charge in [0.1, 0.15) is 6.61 Å². The van der Waals surface area contributed by atoms with Crippen molar-refractivity contribution in [3.63, 3.8) is 0 Å². The maximum absolute atomic E-state index is 11.4. The lowest BCUT2D eigenvalue weighted by Gasteiger charge is -2.09. The maximum atomic E-state index is 11.4. The first-order valence-corrected chi connectivity index (χ1v) is 5.69. The fraction of sp³-hybridized carbons (Fsp3) is 0.273. The molecule has 1 aromatic rings. The summed E-state index contributed by atoms with van der Waals surface area (Å²) in [5, 5.41) is 11.2. The highest BCUT2D eigenvalue weighted by atomic mass is 79.9. The predicted molar refractivity (Wildman–Crippen MR) is 65.8 cm³/mol. The average molecular weight is 302 g/mol. The Morgan fingerprint density at radius 3 is 2.71 bits per heavy atom. The first-order chi connectivity index (χ1) is 8.00. The SMILES string of the molecule is C[C@H](OCC(=O)Nc1ccccc1Br)C(=O)O. The third kappa shape index (κ3) is 4.54. The molecule has 5 nitrogen and oxygen atoms in total. The molecule has 0 fully saturated rings. The van der Waals surface area contributed by atoms with Crippen LogP contribution in [0.15, 0.2) is 28.7 Å². The highest BCUT2D eigenvalue weighted by Gasteiger charge is 2.13. The number of ether oxygens (including phenoxy) is 1. The number of carbonyl (C=O) groups is 2. The number of carboxylic acid groups (broad SMARTS) is 1. The molecule has 0 heterocycles. The molecule has 0 saturated carbocycles. The van der Waals surface area contributed by atoms with Crippen molar-refractivity contribution >= 4 is 33.5 Å². The molecule has 1 atom stereocenters. The summed E-state index contributed by atoms with van der Waals surface area (Å²) in [4.78, 5) is 21.9. The van der Waals surface area contributed by atoms with Crippen molar-refractivity contribution in [2.24, 2.45) is 0 Å². The second kappa shape index (κ2) is 6.36. The number of nitrogens with one attached hydrogen (secondary N) is 1. The molecule has 92 valence electrons. The number of halogens is 1. The van der Waals surface area contributed by atoms with E-state index < -0.39 is 18.0 Å². The first-order valence-electron chi connectivity index (χ1n) is 4.89. The van der Waals surface area contributed by atoms with Gasteiger partial charge in [0.15, 0.2) is 6.10 Å². The van der Waals surface area contributed by atoms with Crippen LogP contribution in [0.2, 0.25) is 0 Å². The van der Waals surface area contributed by atoms with Gasteiger partial charge >= 0.3 is 5.97 Å². The summed E-state index contributed by atoms with van der Waals surface area (Å²) in [5.74, 6) is -1.50. The quantitative estimate of drug-likeness (QED) is 0.870. The van der Waals surface area contributed by atoms with Crippen LogP contribution < -0.4 is 5.32 Å². The Hall–Kier alpha value is -1.40. The number of rotatable bonds is 5. The molecule has 0 bridgehead atoms. The predicted octanol–water partition coefficient (Wildman–Crippen LogP) is 1.88. The Morgan fingerprint density at radius 2 is 2.12 bits per heavy atom. The number of carbonyl (C=O) groups excluding carboxylic acids is 1. The van der Waals surface area contributed by atoms with Crippen LogP contribution in [-0.2, 0) is 14.3 Å². The number of anilines is 1. The van der Waals surface area contributed by atoms with Crippen LogP contribution >= 0.6 is 15.9 Å². The van der Waals surface area contributed by atoms with Crippen molar-refractivity contribution in [3.05, 3.63) is 28.7 Å². The van der Waals surface area contributed by atoms with Gasteiger partial charge in [-0.3, -0.25) is 4.79 Å². The van der Waals surface area contributed by atoms with Gasteiger partial charge in [0.2, 0.25) is 5.91 Å². The normalized spacial score (nSPS) is 11.9. The van der Waals surface area contributed by atoms with E-state index in [1.807, 2.05) is 6.07 Å². The average Bonchev–Trinajstić information content (AvgIpc) is 2.29. The smallest absolute Gasteiger partial charge is 0.332 e. The van der Waals surface area contributed by atoms with Gasteiger partial charge in [0, 0.05) is 4.47 Å². The topological polar surface area (TPSA) is 75.6 Å². The summed E-state index contributed by atoms with van der Waals surface area (Å²) < 4.78 is 5.60. The number of hydrogen-bond acceptors (Lipinski definition) is 3. The molecule has 0 spiro atoms. The number of hydrogen-bond donors (Lipinski definition) is 2. The molecule has 1 rings (SSSR count). The van der Waals surface area contributed by atoms with Crippen molar-refractivity contribution < 1.29 is 19.4 Å². The monoisotopic (exact) mass is 301 g/mol. The minimum Gasteiger partial charge on any atom is -0.479 e. The van der Waals surface area contributed by atoms with E-state index in [4.69, 9.17) is 9.84 Å². The Bertz CT molecular complexity index is 422. The van der Waals surface area contributed by atoms with Crippen LogP contribution in [0, 0.1) is 0 Å². The summed E-state index contributed by atoms with van der Waals surface area (Å²) in [6.07, 6.45) is -1.00. The summed E-state index contributed by atoms with van der Waals surface area (Å²) in [6.45, 7) is 1.07. The standard InChI is InChI=1S/C11H12BrNO4/c1-7(11(15)16)17-6-10(14)13-9-5-3-2-4-8(9)12/h2-5,7H,6H2,1H3,(H,13,14)(H,15,16)/t7-/m0/s1. The van der Waals surface area contributed by atoms with E-state index in [1.165, 1.54) is 6.92 Å². The van der Waals surface area contributed by atoms with Crippen LogP contribution in [0.3, 0.4) is 0 Å². The van der Waals surface area contributed by atoms with E-state index in [-0.39, 0.29) is 6.61 Å². The molecule has 0 saturated heterocycles. The van der Waals surface area contributed by atoms with Gasteiger partial charge in [-0.2, -0.15) is 0 Å². The summed E-state index contributed by atoms with van der Waals surface area (Å²) in [6, 6.07) is 7.11. The number of para-hydroxylation sites is 1. The summed E-state index contributed by atoms with van der Waals surface area (Å²) >= 11 is 3.28. The summed E-state index contributed by atoms with van der Waals surface area (Å²) in [5.41, 5.74) is 0.615.